The zero-order valence-corrected chi connectivity index (χ0v) is 20.9. The molecule has 0 bridgehead atoms. The summed E-state index contributed by atoms with van der Waals surface area (Å²) in [5.41, 5.74) is 25.7. The van der Waals surface area contributed by atoms with Crippen LogP contribution in [0.5, 0.6) is 0 Å². The third-order valence-corrected chi connectivity index (χ3v) is 6.40. The quantitative estimate of drug-likeness (QED) is 0.321. The lowest BCUT2D eigenvalue weighted by molar-refractivity contribution is -0.114. The molecule has 1 amide bonds. The van der Waals surface area contributed by atoms with Gasteiger partial charge in [-0.1, -0.05) is 23.2 Å². The zero-order chi connectivity index (χ0) is 25.3. The maximum absolute atomic E-state index is 11.4. The number of carbonyl (C=O) groups is 1. The molecule has 2 aliphatic rings. The van der Waals surface area contributed by atoms with Crippen molar-refractivity contribution < 1.29 is 4.79 Å². The molecule has 35 heavy (non-hydrogen) atoms. The summed E-state index contributed by atoms with van der Waals surface area (Å²) in [6, 6.07) is 2.89. The van der Waals surface area contributed by atoms with Crippen LogP contribution < -0.4 is 43.4 Å². The smallest absolute Gasteiger partial charge is 0.233 e. The van der Waals surface area contributed by atoms with Crippen LogP contribution in [0.2, 0.25) is 10.0 Å². The van der Waals surface area contributed by atoms with Gasteiger partial charge in [0.25, 0.3) is 0 Å². The van der Waals surface area contributed by atoms with Gasteiger partial charge in [0.15, 0.2) is 0 Å². The highest BCUT2D eigenvalue weighted by atomic mass is 35.5. The minimum absolute atomic E-state index is 0.0915. The van der Waals surface area contributed by atoms with E-state index >= 15 is 0 Å². The molecule has 1 aromatic carbocycles. The Hall–Kier alpha value is -2.48. The maximum atomic E-state index is 11.4. The summed E-state index contributed by atoms with van der Waals surface area (Å²) in [5.74, 6) is 0.896. The van der Waals surface area contributed by atoms with Gasteiger partial charge in [-0.05, 0) is 25.0 Å². The molecule has 2 saturated heterocycles. The zero-order valence-electron chi connectivity index (χ0n) is 19.4. The van der Waals surface area contributed by atoms with Crippen LogP contribution in [0.15, 0.2) is 12.1 Å². The summed E-state index contributed by atoms with van der Waals surface area (Å²) < 4.78 is 0. The van der Waals surface area contributed by atoms with E-state index in [-0.39, 0.29) is 46.1 Å². The summed E-state index contributed by atoms with van der Waals surface area (Å²) in [4.78, 5) is 29.3. The van der Waals surface area contributed by atoms with Crippen LogP contribution in [-0.2, 0) is 4.79 Å². The van der Waals surface area contributed by atoms with E-state index in [9.17, 15) is 4.79 Å². The van der Waals surface area contributed by atoms with Crippen LogP contribution >= 0.6 is 23.2 Å². The Morgan fingerprint density at radius 2 is 1.29 bits per heavy atom. The van der Waals surface area contributed by atoms with Gasteiger partial charge in [0.1, 0.15) is 0 Å². The predicted octanol–water partition coefficient (Wildman–Crippen LogP) is 0.610. The molecule has 10 N–H and O–H groups in total. The van der Waals surface area contributed by atoms with E-state index in [0.29, 0.717) is 49.5 Å². The molecule has 2 aliphatic heterocycles. The molecule has 0 saturated carbocycles. The van der Waals surface area contributed by atoms with Gasteiger partial charge in [-0.2, -0.15) is 15.0 Å². The number of halogens is 2. The Kier molecular flexibility index (Phi) is 7.79. The van der Waals surface area contributed by atoms with Gasteiger partial charge in [0, 0.05) is 63.0 Å². The Bertz CT molecular complexity index is 1000. The molecule has 2 aromatic rings. The second-order valence-corrected chi connectivity index (χ2v) is 10.0. The lowest BCUT2D eigenvalue weighted by Gasteiger charge is -2.37. The number of hydrogen-bond donors (Lipinski definition) is 6. The number of piperidine rings is 2. The number of carbonyl (C=O) groups excluding carboxylic acids is 1. The minimum atomic E-state index is -0.280. The SMILES string of the molecule is CC(=O)Nc1c(Cl)cc(Nc2nc(N3C[C@H](N)C[C@H](N)C3)nc(N3C[C@H](N)C[C@H](N)C3)n2)cc1Cl. The Morgan fingerprint density at radius 1 is 0.857 bits per heavy atom. The predicted molar refractivity (Wildman–Crippen MR) is 139 cm³/mol. The van der Waals surface area contributed by atoms with E-state index < -0.39 is 0 Å². The molecule has 0 radical (unpaired) electrons. The molecule has 2 fully saturated rings. The van der Waals surface area contributed by atoms with Gasteiger partial charge in [-0.15, -0.1) is 0 Å². The molecule has 1 aromatic heterocycles. The number of rotatable bonds is 5. The number of hydrogen-bond acceptors (Lipinski definition) is 11. The van der Waals surface area contributed by atoms with Crippen molar-refractivity contribution in [2.45, 2.75) is 43.9 Å². The minimum Gasteiger partial charge on any atom is -0.338 e. The van der Waals surface area contributed by atoms with E-state index in [4.69, 9.17) is 51.1 Å². The fourth-order valence-electron chi connectivity index (χ4n) is 4.45. The molecular formula is C21H31Cl2N11O. The first-order valence-electron chi connectivity index (χ1n) is 11.4. The average Bonchev–Trinajstić information content (AvgIpc) is 2.74. The van der Waals surface area contributed by atoms with Crippen molar-refractivity contribution in [3.05, 3.63) is 22.2 Å². The number of aromatic nitrogens is 3. The third-order valence-electron chi connectivity index (χ3n) is 5.81. The van der Waals surface area contributed by atoms with E-state index in [2.05, 4.69) is 20.6 Å². The average molecular weight is 524 g/mol. The Morgan fingerprint density at radius 3 is 1.69 bits per heavy atom. The second kappa shape index (κ2) is 10.6. The summed E-state index contributed by atoms with van der Waals surface area (Å²) in [7, 11) is 0. The molecule has 14 heteroatoms. The number of nitrogens with one attached hydrogen (secondary N) is 2. The van der Waals surface area contributed by atoms with Gasteiger partial charge in [0.05, 0.1) is 15.7 Å². The number of anilines is 5. The van der Waals surface area contributed by atoms with Crippen molar-refractivity contribution in [2.75, 3.05) is 46.6 Å². The molecule has 4 atom stereocenters. The fourth-order valence-corrected chi connectivity index (χ4v) is 5.03. The highest BCUT2D eigenvalue weighted by Gasteiger charge is 2.29. The van der Waals surface area contributed by atoms with Crippen LogP contribution in [0.1, 0.15) is 19.8 Å². The van der Waals surface area contributed by atoms with Gasteiger partial charge < -0.3 is 43.4 Å². The molecule has 0 unspecified atom stereocenters. The van der Waals surface area contributed by atoms with Crippen LogP contribution in [0, 0.1) is 0 Å². The van der Waals surface area contributed by atoms with Crippen molar-refractivity contribution in [1.29, 1.82) is 0 Å². The van der Waals surface area contributed by atoms with Gasteiger partial charge in [-0.25, -0.2) is 0 Å². The lowest BCUT2D eigenvalue weighted by Crippen LogP contribution is -2.54. The summed E-state index contributed by atoms with van der Waals surface area (Å²) in [5, 5.41) is 6.31. The maximum Gasteiger partial charge on any atom is 0.233 e. The molecule has 3 heterocycles. The van der Waals surface area contributed by atoms with E-state index in [0.717, 1.165) is 12.8 Å². The molecular weight excluding hydrogens is 493 g/mol. The van der Waals surface area contributed by atoms with Crippen LogP contribution in [0.3, 0.4) is 0 Å². The lowest BCUT2D eigenvalue weighted by atomic mass is 10.0. The van der Waals surface area contributed by atoms with Gasteiger partial charge >= 0.3 is 0 Å². The van der Waals surface area contributed by atoms with Gasteiger partial charge in [-0.3, -0.25) is 4.79 Å². The monoisotopic (exact) mass is 523 g/mol. The summed E-state index contributed by atoms with van der Waals surface area (Å²) in [6.45, 7) is 3.65. The molecule has 0 aliphatic carbocycles. The first kappa shape index (κ1) is 25.6. The van der Waals surface area contributed by atoms with Crippen molar-refractivity contribution >= 4 is 58.3 Å². The highest BCUT2D eigenvalue weighted by Crippen LogP contribution is 2.35. The van der Waals surface area contributed by atoms with Crippen molar-refractivity contribution in [3.63, 3.8) is 0 Å². The van der Waals surface area contributed by atoms with Crippen LogP contribution in [0.25, 0.3) is 0 Å². The van der Waals surface area contributed by atoms with Gasteiger partial charge in [0.2, 0.25) is 23.8 Å². The highest BCUT2D eigenvalue weighted by molar-refractivity contribution is 6.40. The summed E-state index contributed by atoms with van der Waals surface area (Å²) in [6.07, 6.45) is 1.46. The van der Waals surface area contributed by atoms with Crippen molar-refractivity contribution in [3.8, 4) is 0 Å². The molecule has 12 nitrogen and oxygen atoms in total. The van der Waals surface area contributed by atoms with Crippen LogP contribution in [-0.4, -0.2) is 71.2 Å². The Labute approximate surface area is 213 Å². The fraction of sp³-hybridized carbons (Fsp3) is 0.524. The largest absolute Gasteiger partial charge is 0.338 e. The van der Waals surface area contributed by atoms with Crippen molar-refractivity contribution in [1.82, 2.24) is 15.0 Å². The van der Waals surface area contributed by atoms with E-state index in [1.165, 1.54) is 6.92 Å². The Balaban J connectivity index is 1.68. The number of benzene rings is 1. The van der Waals surface area contributed by atoms with E-state index in [1.807, 2.05) is 9.80 Å². The van der Waals surface area contributed by atoms with Crippen molar-refractivity contribution in [2.24, 2.45) is 22.9 Å². The normalized spacial score (nSPS) is 24.9. The number of nitrogens with two attached hydrogens (primary N) is 4. The van der Waals surface area contributed by atoms with Crippen LogP contribution in [0.4, 0.5) is 29.2 Å². The first-order chi connectivity index (χ1) is 16.6. The number of nitrogens with zero attached hydrogens (tertiary/aromatic N) is 5. The molecule has 190 valence electrons. The summed E-state index contributed by atoms with van der Waals surface area (Å²) >= 11 is 12.7. The number of amides is 1. The topological polar surface area (TPSA) is 190 Å². The second-order valence-electron chi connectivity index (χ2n) is 9.20. The third kappa shape index (κ3) is 6.40. The first-order valence-corrected chi connectivity index (χ1v) is 12.1. The van der Waals surface area contributed by atoms with E-state index in [1.54, 1.807) is 12.1 Å². The molecule has 0 spiro atoms. The molecule has 4 rings (SSSR count). The standard InChI is InChI=1S/C21H31Cl2N11O/c1-10(35)28-18-16(22)4-15(5-17(18)23)29-19-30-20(33-6-11(24)2-12(25)7-33)32-21(31-19)34-8-13(26)3-14(27)9-34/h4-5,11-14H,2-3,6-9,24-27H2,1H3,(H,28,35)(H,29,30,31,32)/t11-,12+,13-,14+.